The highest BCUT2D eigenvalue weighted by Gasteiger charge is 2.19. The second kappa shape index (κ2) is 8.82. The summed E-state index contributed by atoms with van der Waals surface area (Å²) in [6.45, 7) is 3.64. The van der Waals surface area contributed by atoms with Crippen molar-refractivity contribution in [3.8, 4) is 11.5 Å². The summed E-state index contributed by atoms with van der Waals surface area (Å²) in [6, 6.07) is 15.9. The van der Waals surface area contributed by atoms with Crippen LogP contribution in [0.5, 0.6) is 11.5 Å². The van der Waals surface area contributed by atoms with Crippen molar-refractivity contribution in [1.29, 1.82) is 0 Å². The molecule has 2 heterocycles. The van der Waals surface area contributed by atoms with Crippen molar-refractivity contribution in [2.75, 3.05) is 13.2 Å². The van der Waals surface area contributed by atoms with E-state index in [1.165, 1.54) is 0 Å². The summed E-state index contributed by atoms with van der Waals surface area (Å²) in [5.74, 6) is 2.40. The topological polar surface area (TPSA) is 65.4 Å². The van der Waals surface area contributed by atoms with Gasteiger partial charge in [0.2, 0.25) is 5.91 Å². The number of nitrogens with one attached hydrogen (secondary N) is 1. The van der Waals surface area contributed by atoms with Crippen molar-refractivity contribution in [3.63, 3.8) is 0 Å². The normalized spacial score (nSPS) is 13.7. The lowest BCUT2D eigenvalue weighted by atomic mass is 9.98. The number of hydrogen-bond donors (Lipinski definition) is 1. The number of ether oxygens (including phenoxy) is 2. The lowest BCUT2D eigenvalue weighted by molar-refractivity contribution is -0.122. The van der Waals surface area contributed by atoms with E-state index >= 15 is 0 Å². The third-order valence-corrected chi connectivity index (χ3v) is 5.09. The van der Waals surface area contributed by atoms with E-state index in [1.807, 2.05) is 54.1 Å². The first kappa shape index (κ1) is 19.1. The number of amides is 1. The Morgan fingerprint density at radius 1 is 1.14 bits per heavy atom. The van der Waals surface area contributed by atoms with Crippen molar-refractivity contribution < 1.29 is 14.3 Å². The van der Waals surface area contributed by atoms with Gasteiger partial charge in [-0.05, 0) is 36.6 Å². The molecule has 1 atom stereocenters. The molecule has 1 aliphatic heterocycles. The third kappa shape index (κ3) is 4.77. The maximum absolute atomic E-state index is 12.7. The highest BCUT2D eigenvalue weighted by atomic mass is 16.6. The molecule has 0 bridgehead atoms. The molecular formula is C23H25N3O3. The standard InChI is InChI=1S/C23H25N3O3/c1-17-24-10-12-26(17)11-9-23(27)25-20(15-18-5-3-2-4-6-18)19-7-8-21-22(16-19)29-14-13-28-21/h2-8,10,12,16,20H,9,11,13-15H2,1H3,(H,25,27). The molecule has 0 fully saturated rings. The zero-order chi connectivity index (χ0) is 20.1. The van der Waals surface area contributed by atoms with Crippen LogP contribution >= 0.6 is 0 Å². The maximum Gasteiger partial charge on any atom is 0.222 e. The largest absolute Gasteiger partial charge is 0.486 e. The van der Waals surface area contributed by atoms with Gasteiger partial charge in [-0.3, -0.25) is 4.79 Å². The Morgan fingerprint density at radius 2 is 1.93 bits per heavy atom. The molecule has 29 heavy (non-hydrogen) atoms. The first-order valence-electron chi connectivity index (χ1n) is 9.89. The molecule has 3 aromatic rings. The van der Waals surface area contributed by atoms with Crippen LogP contribution in [-0.2, 0) is 17.8 Å². The van der Waals surface area contributed by atoms with Crippen LogP contribution in [0.1, 0.15) is 29.4 Å². The van der Waals surface area contributed by atoms with Crippen molar-refractivity contribution in [1.82, 2.24) is 14.9 Å². The average molecular weight is 391 g/mol. The zero-order valence-electron chi connectivity index (χ0n) is 16.5. The summed E-state index contributed by atoms with van der Waals surface area (Å²) in [7, 11) is 0. The first-order chi connectivity index (χ1) is 14.2. The summed E-state index contributed by atoms with van der Waals surface area (Å²) in [5, 5.41) is 3.20. The van der Waals surface area contributed by atoms with Gasteiger partial charge in [-0.25, -0.2) is 4.98 Å². The van der Waals surface area contributed by atoms with E-state index < -0.39 is 0 Å². The molecule has 4 rings (SSSR count). The Kier molecular flexibility index (Phi) is 5.79. The van der Waals surface area contributed by atoms with Gasteiger partial charge in [0.05, 0.1) is 6.04 Å². The van der Waals surface area contributed by atoms with Crippen LogP contribution in [0.2, 0.25) is 0 Å². The number of hydrogen-bond acceptors (Lipinski definition) is 4. The van der Waals surface area contributed by atoms with Crippen LogP contribution in [0.3, 0.4) is 0 Å². The fourth-order valence-electron chi connectivity index (χ4n) is 3.51. The second-order valence-corrected chi connectivity index (χ2v) is 7.13. The van der Waals surface area contributed by atoms with Gasteiger partial charge in [0.1, 0.15) is 19.0 Å². The Hall–Kier alpha value is -3.28. The Morgan fingerprint density at radius 3 is 2.69 bits per heavy atom. The van der Waals surface area contributed by atoms with Gasteiger partial charge in [-0.2, -0.15) is 0 Å². The highest BCUT2D eigenvalue weighted by molar-refractivity contribution is 5.76. The number of benzene rings is 2. The monoisotopic (exact) mass is 391 g/mol. The van der Waals surface area contributed by atoms with E-state index in [2.05, 4.69) is 22.4 Å². The second-order valence-electron chi connectivity index (χ2n) is 7.13. The van der Waals surface area contributed by atoms with Crippen LogP contribution in [0.15, 0.2) is 60.9 Å². The van der Waals surface area contributed by atoms with E-state index in [0.717, 1.165) is 28.5 Å². The van der Waals surface area contributed by atoms with Gasteiger partial charge >= 0.3 is 0 Å². The summed E-state index contributed by atoms with van der Waals surface area (Å²) >= 11 is 0. The highest BCUT2D eigenvalue weighted by Crippen LogP contribution is 2.33. The minimum Gasteiger partial charge on any atom is -0.486 e. The molecule has 0 aliphatic carbocycles. The van der Waals surface area contributed by atoms with Crippen molar-refractivity contribution in [2.24, 2.45) is 0 Å². The van der Waals surface area contributed by atoms with Crippen LogP contribution in [0.25, 0.3) is 0 Å². The van der Waals surface area contributed by atoms with Crippen molar-refractivity contribution >= 4 is 5.91 Å². The molecular weight excluding hydrogens is 366 g/mol. The quantitative estimate of drug-likeness (QED) is 0.670. The molecule has 6 nitrogen and oxygen atoms in total. The molecule has 1 aromatic heterocycles. The molecule has 0 spiro atoms. The molecule has 1 aliphatic rings. The summed E-state index contributed by atoms with van der Waals surface area (Å²) in [5.41, 5.74) is 2.17. The minimum atomic E-state index is -0.149. The zero-order valence-corrected chi connectivity index (χ0v) is 16.5. The van der Waals surface area contributed by atoms with E-state index in [4.69, 9.17) is 9.47 Å². The Balaban J connectivity index is 1.50. The molecule has 1 amide bonds. The molecule has 0 saturated heterocycles. The molecule has 6 heteroatoms. The van der Waals surface area contributed by atoms with E-state index in [1.54, 1.807) is 6.20 Å². The Bertz CT molecular complexity index is 969. The van der Waals surface area contributed by atoms with Gasteiger partial charge < -0.3 is 19.4 Å². The van der Waals surface area contributed by atoms with Crippen molar-refractivity contribution in [2.45, 2.75) is 32.4 Å². The predicted molar refractivity (Wildman–Crippen MR) is 110 cm³/mol. The number of nitrogens with zero attached hydrogens (tertiary/aromatic N) is 2. The van der Waals surface area contributed by atoms with Gasteiger partial charge in [-0.15, -0.1) is 0 Å². The lowest BCUT2D eigenvalue weighted by Gasteiger charge is -2.23. The maximum atomic E-state index is 12.7. The predicted octanol–water partition coefficient (Wildman–Crippen LogP) is 3.45. The van der Waals surface area contributed by atoms with Crippen LogP contribution in [0.4, 0.5) is 0 Å². The van der Waals surface area contributed by atoms with Gasteiger partial charge in [0, 0.05) is 25.4 Å². The minimum absolute atomic E-state index is 0.00826. The number of carbonyl (C=O) groups is 1. The van der Waals surface area contributed by atoms with Crippen LogP contribution in [-0.4, -0.2) is 28.7 Å². The summed E-state index contributed by atoms with van der Waals surface area (Å²) in [4.78, 5) is 16.9. The van der Waals surface area contributed by atoms with Gasteiger partial charge in [-0.1, -0.05) is 36.4 Å². The van der Waals surface area contributed by atoms with Crippen molar-refractivity contribution in [3.05, 3.63) is 77.9 Å². The van der Waals surface area contributed by atoms with E-state index in [9.17, 15) is 4.79 Å². The van der Waals surface area contributed by atoms with E-state index in [-0.39, 0.29) is 11.9 Å². The number of imidazole rings is 1. The SMILES string of the molecule is Cc1nccn1CCC(=O)NC(Cc1ccccc1)c1ccc2c(c1)OCCO2. The van der Waals surface area contributed by atoms with Crippen LogP contribution < -0.4 is 14.8 Å². The number of fused-ring (bicyclic) bond motifs is 1. The summed E-state index contributed by atoms with van der Waals surface area (Å²) in [6.07, 6.45) is 4.74. The van der Waals surface area contributed by atoms with Crippen LogP contribution in [0, 0.1) is 6.92 Å². The fourth-order valence-corrected chi connectivity index (χ4v) is 3.51. The Labute approximate surface area is 170 Å². The van der Waals surface area contributed by atoms with Gasteiger partial charge in [0.25, 0.3) is 0 Å². The molecule has 1 unspecified atom stereocenters. The number of carbonyl (C=O) groups excluding carboxylic acids is 1. The molecule has 0 saturated carbocycles. The first-order valence-corrected chi connectivity index (χ1v) is 9.89. The third-order valence-electron chi connectivity index (χ3n) is 5.09. The molecule has 1 N–H and O–H groups in total. The number of aromatic nitrogens is 2. The number of rotatable bonds is 7. The molecule has 150 valence electrons. The average Bonchev–Trinajstić information content (AvgIpc) is 3.17. The van der Waals surface area contributed by atoms with E-state index in [0.29, 0.717) is 32.6 Å². The smallest absolute Gasteiger partial charge is 0.222 e. The summed E-state index contributed by atoms with van der Waals surface area (Å²) < 4.78 is 13.3. The fraction of sp³-hybridized carbons (Fsp3) is 0.304. The molecule has 2 aromatic carbocycles. The molecule has 0 radical (unpaired) electrons. The lowest BCUT2D eigenvalue weighted by Crippen LogP contribution is -2.30. The number of aryl methyl sites for hydroxylation is 2. The van der Waals surface area contributed by atoms with Gasteiger partial charge in [0.15, 0.2) is 11.5 Å².